The van der Waals surface area contributed by atoms with Crippen molar-refractivity contribution in [3.05, 3.63) is 30.1 Å². The van der Waals surface area contributed by atoms with Gasteiger partial charge in [0.2, 0.25) is 0 Å². The number of nitrogens with two attached hydrogens (primary N) is 1. The van der Waals surface area contributed by atoms with Crippen molar-refractivity contribution in [2.75, 3.05) is 13.1 Å². The maximum atomic E-state index is 5.84. The van der Waals surface area contributed by atoms with Crippen LogP contribution in [0.5, 0.6) is 0 Å². The maximum Gasteiger partial charge on any atom is 0.188 e. The van der Waals surface area contributed by atoms with E-state index in [1.54, 1.807) is 0 Å². The lowest BCUT2D eigenvalue weighted by Gasteiger charge is -2.04. The van der Waals surface area contributed by atoms with Crippen LogP contribution in [0.3, 0.4) is 0 Å². The number of H-pyrrole nitrogens is 1. The number of nitrogens with one attached hydrogen (secondary N) is 2. The molecule has 0 amide bonds. The van der Waals surface area contributed by atoms with Crippen LogP contribution in [0.2, 0.25) is 0 Å². The molecular weight excluding hydrogens is 401 g/mol. The molecule has 0 aliphatic rings. The van der Waals surface area contributed by atoms with E-state index in [1.807, 2.05) is 24.3 Å². The smallest absolute Gasteiger partial charge is 0.188 e. The van der Waals surface area contributed by atoms with E-state index in [1.165, 1.54) is 19.3 Å². The fourth-order valence-corrected chi connectivity index (χ4v) is 2.39. The summed E-state index contributed by atoms with van der Waals surface area (Å²) in [5.74, 6) is 1.57. The van der Waals surface area contributed by atoms with Crippen LogP contribution in [0.1, 0.15) is 44.9 Å². The van der Waals surface area contributed by atoms with Gasteiger partial charge in [0.15, 0.2) is 5.96 Å². The average molecular weight is 429 g/mol. The molecule has 0 spiro atoms. The third-order valence-corrected chi connectivity index (χ3v) is 3.63. The monoisotopic (exact) mass is 429 g/mol. The molecule has 2 aromatic rings. The van der Waals surface area contributed by atoms with Crippen molar-refractivity contribution in [1.29, 1.82) is 0 Å². The molecule has 6 heteroatoms. The fraction of sp³-hybridized carbons (Fsp3) is 0.529. The largest absolute Gasteiger partial charge is 0.370 e. The van der Waals surface area contributed by atoms with E-state index in [4.69, 9.17) is 5.73 Å². The van der Waals surface area contributed by atoms with Crippen molar-refractivity contribution in [3.63, 3.8) is 0 Å². The minimum Gasteiger partial charge on any atom is -0.370 e. The molecule has 0 saturated carbocycles. The Hall–Kier alpha value is -1.31. The molecule has 0 bridgehead atoms. The first kappa shape index (κ1) is 19.7. The number of aliphatic imine (C=N–C) groups is 1. The van der Waals surface area contributed by atoms with Crippen LogP contribution in [-0.4, -0.2) is 29.0 Å². The number of aromatic amines is 1. The van der Waals surface area contributed by atoms with Gasteiger partial charge in [-0.3, -0.25) is 4.99 Å². The van der Waals surface area contributed by atoms with Crippen molar-refractivity contribution in [2.45, 2.75) is 45.4 Å². The van der Waals surface area contributed by atoms with E-state index in [9.17, 15) is 0 Å². The Kier molecular flexibility index (Phi) is 9.66. The molecule has 4 N–H and O–H groups in total. The van der Waals surface area contributed by atoms with Crippen molar-refractivity contribution in [3.8, 4) is 0 Å². The number of aromatic nitrogens is 2. The summed E-state index contributed by atoms with van der Waals surface area (Å²) in [7, 11) is 0. The number of benzene rings is 1. The quantitative estimate of drug-likeness (QED) is 0.247. The number of rotatable bonds is 9. The molecule has 0 atom stereocenters. The second kappa shape index (κ2) is 11.3. The molecule has 0 radical (unpaired) electrons. The third kappa shape index (κ3) is 7.20. The molecule has 0 aliphatic carbocycles. The lowest BCUT2D eigenvalue weighted by atomic mass is 10.2. The zero-order chi connectivity index (χ0) is 15.6. The number of nitrogens with zero attached hydrogens (tertiary/aromatic N) is 2. The second-order valence-corrected chi connectivity index (χ2v) is 5.56. The summed E-state index contributed by atoms with van der Waals surface area (Å²) in [4.78, 5) is 12.2. The van der Waals surface area contributed by atoms with Crippen molar-refractivity contribution < 1.29 is 0 Å². The van der Waals surface area contributed by atoms with Gasteiger partial charge in [-0.1, -0.05) is 38.3 Å². The fourth-order valence-electron chi connectivity index (χ4n) is 2.39. The topological polar surface area (TPSA) is 79.1 Å². The third-order valence-electron chi connectivity index (χ3n) is 3.63. The molecule has 1 heterocycles. The number of unbranched alkanes of at least 4 members (excludes halogenated alkanes) is 3. The van der Waals surface area contributed by atoms with Gasteiger partial charge in [0.1, 0.15) is 5.82 Å². The van der Waals surface area contributed by atoms with Crippen LogP contribution in [0, 0.1) is 0 Å². The van der Waals surface area contributed by atoms with E-state index in [-0.39, 0.29) is 24.0 Å². The van der Waals surface area contributed by atoms with Crippen LogP contribution in [0.15, 0.2) is 29.3 Å². The van der Waals surface area contributed by atoms with Gasteiger partial charge in [-0.25, -0.2) is 4.98 Å². The molecular formula is C17H28IN5. The predicted molar refractivity (Wildman–Crippen MR) is 108 cm³/mol. The number of para-hydroxylation sites is 2. The van der Waals surface area contributed by atoms with E-state index in [2.05, 4.69) is 27.2 Å². The molecule has 0 fully saturated rings. The average Bonchev–Trinajstić information content (AvgIpc) is 2.94. The zero-order valence-corrected chi connectivity index (χ0v) is 16.2. The number of hydrogen-bond acceptors (Lipinski definition) is 2. The van der Waals surface area contributed by atoms with Crippen LogP contribution < -0.4 is 11.1 Å². The number of imidazole rings is 1. The SMILES string of the molecule is CCCCCCNC(N)=NCCCc1nc2ccccc2[nH]1.I. The molecule has 1 aromatic carbocycles. The summed E-state index contributed by atoms with van der Waals surface area (Å²) in [6.07, 6.45) is 6.79. The number of hydrogen-bond donors (Lipinski definition) is 3. The Morgan fingerprint density at radius 1 is 1.22 bits per heavy atom. The zero-order valence-electron chi connectivity index (χ0n) is 13.8. The Morgan fingerprint density at radius 3 is 2.83 bits per heavy atom. The molecule has 23 heavy (non-hydrogen) atoms. The Morgan fingerprint density at radius 2 is 2.04 bits per heavy atom. The van der Waals surface area contributed by atoms with Gasteiger partial charge in [0.25, 0.3) is 0 Å². The van der Waals surface area contributed by atoms with Gasteiger partial charge in [-0.15, -0.1) is 24.0 Å². The summed E-state index contributed by atoms with van der Waals surface area (Å²) < 4.78 is 0. The van der Waals surface area contributed by atoms with Gasteiger partial charge in [0, 0.05) is 19.5 Å². The molecule has 0 aliphatic heterocycles. The Labute approximate surface area is 155 Å². The number of aryl methyl sites for hydroxylation is 1. The molecule has 2 rings (SSSR count). The highest BCUT2D eigenvalue weighted by Crippen LogP contribution is 2.11. The summed E-state index contributed by atoms with van der Waals surface area (Å²) >= 11 is 0. The van der Waals surface area contributed by atoms with Gasteiger partial charge < -0.3 is 16.0 Å². The molecule has 0 saturated heterocycles. The van der Waals surface area contributed by atoms with Gasteiger partial charge >= 0.3 is 0 Å². The number of fused-ring (bicyclic) bond motifs is 1. The van der Waals surface area contributed by atoms with E-state index < -0.39 is 0 Å². The van der Waals surface area contributed by atoms with Crippen LogP contribution >= 0.6 is 24.0 Å². The second-order valence-electron chi connectivity index (χ2n) is 5.56. The molecule has 1 aromatic heterocycles. The Bertz CT molecular complexity index is 560. The van der Waals surface area contributed by atoms with Gasteiger partial charge in [-0.05, 0) is 25.0 Å². The highest BCUT2D eigenvalue weighted by Gasteiger charge is 2.01. The maximum absolute atomic E-state index is 5.84. The summed E-state index contributed by atoms with van der Waals surface area (Å²) in [6.45, 7) is 3.86. The highest BCUT2D eigenvalue weighted by atomic mass is 127. The lowest BCUT2D eigenvalue weighted by molar-refractivity contribution is 0.651. The first-order valence-corrected chi connectivity index (χ1v) is 8.27. The molecule has 128 valence electrons. The number of halogens is 1. The predicted octanol–water partition coefficient (Wildman–Crippen LogP) is 3.60. The van der Waals surface area contributed by atoms with Crippen molar-refractivity contribution >= 4 is 41.0 Å². The summed E-state index contributed by atoms with van der Waals surface area (Å²) in [5.41, 5.74) is 7.96. The van der Waals surface area contributed by atoms with E-state index >= 15 is 0 Å². The van der Waals surface area contributed by atoms with Gasteiger partial charge in [-0.2, -0.15) is 0 Å². The van der Waals surface area contributed by atoms with E-state index in [0.29, 0.717) is 5.96 Å². The molecule has 5 nitrogen and oxygen atoms in total. The first-order chi connectivity index (χ1) is 10.8. The number of guanidine groups is 1. The standard InChI is InChI=1S/C17H27N5.HI/c1-2-3-4-7-12-19-17(18)20-13-8-11-16-21-14-9-5-6-10-15(14)22-16;/h5-6,9-10H,2-4,7-8,11-13H2,1H3,(H,21,22)(H3,18,19,20);1H. The summed E-state index contributed by atoms with van der Waals surface area (Å²) in [6, 6.07) is 8.09. The normalized spacial score (nSPS) is 11.4. The highest BCUT2D eigenvalue weighted by molar-refractivity contribution is 14.0. The molecule has 0 unspecified atom stereocenters. The van der Waals surface area contributed by atoms with Crippen LogP contribution in [0.25, 0.3) is 11.0 Å². The van der Waals surface area contributed by atoms with Crippen molar-refractivity contribution in [2.24, 2.45) is 10.7 Å². The lowest BCUT2D eigenvalue weighted by Crippen LogP contribution is -2.32. The summed E-state index contributed by atoms with van der Waals surface area (Å²) in [5, 5.41) is 3.17. The minimum absolute atomic E-state index is 0. The van der Waals surface area contributed by atoms with E-state index in [0.717, 1.165) is 49.2 Å². The Balaban J connectivity index is 0.00000264. The van der Waals surface area contributed by atoms with Gasteiger partial charge in [0.05, 0.1) is 11.0 Å². The van der Waals surface area contributed by atoms with Crippen LogP contribution in [-0.2, 0) is 6.42 Å². The van der Waals surface area contributed by atoms with Crippen molar-refractivity contribution in [1.82, 2.24) is 15.3 Å². The minimum atomic E-state index is 0. The van der Waals surface area contributed by atoms with Crippen LogP contribution in [0.4, 0.5) is 0 Å². The first-order valence-electron chi connectivity index (χ1n) is 8.27.